The number of nitrogens with two attached hydrogens (primary N) is 1. The third kappa shape index (κ3) is 15.1. The minimum atomic E-state index is -3.87. The van der Waals surface area contributed by atoms with Crippen molar-refractivity contribution in [2.45, 2.75) is 45.9 Å². The molecule has 0 heterocycles. The summed E-state index contributed by atoms with van der Waals surface area (Å²) in [7, 11) is -0.807. The number of esters is 2. The zero-order valence-corrected chi connectivity index (χ0v) is 26.2. The first-order chi connectivity index (χ1) is 19.3. The van der Waals surface area contributed by atoms with Crippen molar-refractivity contribution in [2.24, 2.45) is 11.7 Å². The fourth-order valence-corrected chi connectivity index (χ4v) is 4.64. The van der Waals surface area contributed by atoms with E-state index in [-0.39, 0.29) is 55.4 Å². The van der Waals surface area contributed by atoms with E-state index in [1.54, 1.807) is 58.2 Å². The van der Waals surface area contributed by atoms with E-state index < -0.39 is 36.4 Å². The Morgan fingerprint density at radius 1 is 0.833 bits per heavy atom. The summed E-state index contributed by atoms with van der Waals surface area (Å²) in [5, 5.41) is 10.8. The van der Waals surface area contributed by atoms with Crippen LogP contribution >= 0.6 is 20.0 Å². The first-order valence-electron chi connectivity index (χ1n) is 12.7. The van der Waals surface area contributed by atoms with Crippen molar-refractivity contribution < 1.29 is 47.1 Å². The van der Waals surface area contributed by atoms with Crippen LogP contribution in [0.1, 0.15) is 27.7 Å². The number of nitro benzene ring substituents is 1. The zero-order valence-electron chi connectivity index (χ0n) is 24.5. The molecule has 5 atom stereocenters. The van der Waals surface area contributed by atoms with Crippen molar-refractivity contribution in [3.8, 4) is 11.5 Å². The molecule has 13 nitrogen and oxygen atoms in total. The summed E-state index contributed by atoms with van der Waals surface area (Å²) < 4.78 is 44.5. The van der Waals surface area contributed by atoms with Crippen molar-refractivity contribution in [3.63, 3.8) is 0 Å². The normalized spacial score (nSPS) is 14.6. The predicted octanol–water partition coefficient (Wildman–Crippen LogP) is 4.79. The second-order valence-electron chi connectivity index (χ2n) is 9.08. The number of non-ortho nitro benzene ring substituents is 1. The van der Waals surface area contributed by atoms with Crippen LogP contribution in [0.2, 0.25) is 0 Å². The van der Waals surface area contributed by atoms with Crippen LogP contribution in [0.4, 0.5) is 5.69 Å². The first kappa shape index (κ1) is 38.8. The largest absolute Gasteiger partial charge is 0.463 e. The maximum absolute atomic E-state index is 13.5. The molecule has 0 aliphatic rings. The topological polar surface area (TPSA) is 176 Å². The third-order valence-corrected chi connectivity index (χ3v) is 7.25. The van der Waals surface area contributed by atoms with Crippen LogP contribution in [-0.4, -0.2) is 68.7 Å². The maximum Gasteiger partial charge on any atom is 0.431 e. The lowest BCUT2D eigenvalue weighted by atomic mass is 10.2. The van der Waals surface area contributed by atoms with Crippen molar-refractivity contribution in [2.75, 3.05) is 33.6 Å². The molecule has 2 aromatic carbocycles. The van der Waals surface area contributed by atoms with Crippen molar-refractivity contribution >= 4 is 37.6 Å². The Morgan fingerprint density at radius 2 is 1.29 bits per heavy atom. The molecule has 2 rings (SSSR count). The van der Waals surface area contributed by atoms with E-state index in [1.807, 2.05) is 6.92 Å². The molecule has 0 aliphatic carbocycles. The van der Waals surface area contributed by atoms with Gasteiger partial charge in [0, 0.05) is 26.4 Å². The fraction of sp³-hybridized carbons (Fsp3) is 0.481. The van der Waals surface area contributed by atoms with Crippen LogP contribution in [0, 0.1) is 16.0 Å². The van der Waals surface area contributed by atoms with E-state index in [2.05, 4.69) is 0 Å². The average Bonchev–Trinajstić information content (AvgIpc) is 2.94. The van der Waals surface area contributed by atoms with Gasteiger partial charge in [-0.2, -0.15) is 0 Å². The van der Waals surface area contributed by atoms with Gasteiger partial charge in [0.25, 0.3) is 5.69 Å². The molecule has 236 valence electrons. The highest BCUT2D eigenvalue weighted by molar-refractivity contribution is 7.54. The van der Waals surface area contributed by atoms with Crippen molar-refractivity contribution in [1.82, 2.24) is 0 Å². The number of nitrogens with zero attached hydrogens (tertiary/aromatic N) is 1. The minimum absolute atomic E-state index is 0. The van der Waals surface area contributed by atoms with Crippen LogP contribution in [-0.2, 0) is 33.1 Å². The maximum atomic E-state index is 13.5. The van der Waals surface area contributed by atoms with Gasteiger partial charge in [-0.15, -0.1) is 12.4 Å². The van der Waals surface area contributed by atoms with E-state index >= 15 is 0 Å². The van der Waals surface area contributed by atoms with Crippen LogP contribution in [0.5, 0.6) is 11.5 Å². The molecule has 0 fully saturated rings. The summed E-state index contributed by atoms with van der Waals surface area (Å²) in [5.74, 6) is -1.33. The van der Waals surface area contributed by atoms with Gasteiger partial charge in [0.2, 0.25) is 0 Å². The molecule has 1 unspecified atom stereocenters. The highest BCUT2D eigenvalue weighted by Gasteiger charge is 2.34. The quantitative estimate of drug-likeness (QED) is 0.123. The van der Waals surface area contributed by atoms with Gasteiger partial charge in [-0.3, -0.25) is 19.7 Å². The molecule has 2 N–H and O–H groups in total. The predicted molar refractivity (Wildman–Crippen MR) is 158 cm³/mol. The molecule has 15 heteroatoms. The van der Waals surface area contributed by atoms with E-state index in [9.17, 15) is 24.3 Å². The van der Waals surface area contributed by atoms with E-state index in [4.69, 9.17) is 33.7 Å². The molecule has 0 aliphatic heterocycles. The van der Waals surface area contributed by atoms with Crippen LogP contribution in [0.25, 0.3) is 0 Å². The van der Waals surface area contributed by atoms with Crippen LogP contribution in [0.15, 0.2) is 54.6 Å². The van der Waals surface area contributed by atoms with E-state index in [0.717, 1.165) is 0 Å². The van der Waals surface area contributed by atoms with Gasteiger partial charge in [-0.25, -0.2) is 4.57 Å². The average molecular weight is 635 g/mol. The summed E-state index contributed by atoms with van der Waals surface area (Å²) in [4.78, 5) is 33.3. The molecule has 0 amide bonds. The molecule has 0 spiro atoms. The number of carbonyl (C=O) groups is 2. The van der Waals surface area contributed by atoms with Gasteiger partial charge in [-0.05, 0) is 45.0 Å². The van der Waals surface area contributed by atoms with Gasteiger partial charge in [0.1, 0.15) is 30.8 Å². The highest BCUT2D eigenvalue weighted by atomic mass is 35.5. The second-order valence-corrected chi connectivity index (χ2v) is 11.0. The van der Waals surface area contributed by atoms with Crippen LogP contribution < -0.4 is 14.8 Å². The number of methoxy groups -OCH3 is 2. The molecular weight excluding hydrogens is 595 g/mol. The number of benzene rings is 2. The molecule has 2 aromatic rings. The number of nitro groups is 1. The molecule has 0 aromatic heterocycles. The molecule has 42 heavy (non-hydrogen) atoms. The lowest BCUT2D eigenvalue weighted by Gasteiger charge is -2.22. The standard InChI is InChI=1S/C20H24NO8P.C7H15NO3.ClH/c1-15(20(22)27-13-16(2)26-3)14-30(25,28-18-7-5-4-6-8-18)29-19-11-9-17(10-12-19)21(23)24;1-5(10-3)4-11-7(9)6(2)8;/h4-12,15-16H,13-14H2,1-3H3;5-6H,4,8H2,1-3H3;1H/t15-,16+,30?;5-,6-;/m10./s1. The molecule has 0 saturated heterocycles. The molecule has 0 radical (unpaired) electrons. The number of hydrogen-bond donors (Lipinski definition) is 1. The Labute approximate surface area is 252 Å². The summed E-state index contributed by atoms with van der Waals surface area (Å²) >= 11 is 0. The van der Waals surface area contributed by atoms with Gasteiger partial charge >= 0.3 is 19.5 Å². The first-order valence-corrected chi connectivity index (χ1v) is 14.4. The van der Waals surface area contributed by atoms with Gasteiger partial charge in [0.15, 0.2) is 0 Å². The number of halogens is 1. The number of carbonyl (C=O) groups excluding carboxylic acids is 2. The molecular formula is C27H40ClN2O11P. The van der Waals surface area contributed by atoms with Crippen molar-refractivity contribution in [3.05, 3.63) is 64.7 Å². The minimum Gasteiger partial charge on any atom is -0.463 e. The Hall–Kier alpha value is -3.22. The number of ether oxygens (including phenoxy) is 4. The van der Waals surface area contributed by atoms with E-state index in [0.29, 0.717) is 5.75 Å². The number of hydrogen-bond acceptors (Lipinski definition) is 12. The Kier molecular flexibility index (Phi) is 18.3. The molecule has 0 saturated carbocycles. The smallest absolute Gasteiger partial charge is 0.431 e. The van der Waals surface area contributed by atoms with Crippen LogP contribution in [0.3, 0.4) is 0 Å². The number of rotatable bonds is 15. The summed E-state index contributed by atoms with van der Waals surface area (Å²) in [6.07, 6.45) is -0.596. The van der Waals surface area contributed by atoms with Gasteiger partial charge in [0.05, 0.1) is 29.2 Å². The fourth-order valence-electron chi connectivity index (χ4n) is 2.74. The summed E-state index contributed by atoms with van der Waals surface area (Å²) in [6.45, 7) is 7.02. The highest BCUT2D eigenvalue weighted by Crippen LogP contribution is 2.50. The van der Waals surface area contributed by atoms with Gasteiger partial charge < -0.3 is 33.7 Å². The molecule has 0 bridgehead atoms. The Bertz CT molecular complexity index is 1140. The second kappa shape index (κ2) is 19.8. The third-order valence-electron chi connectivity index (χ3n) is 5.28. The Balaban J connectivity index is 0.00000119. The lowest BCUT2D eigenvalue weighted by molar-refractivity contribution is -0.384. The SMILES string of the molecule is CO[C@@H](C)COC(=O)[C@H](C)CP(=O)(Oc1ccccc1)Oc1ccc([N+](=O)[O-])cc1.CO[C@@H](C)COC(=O)[C@H](C)N.Cl. The summed E-state index contributed by atoms with van der Waals surface area (Å²) in [5.41, 5.74) is 5.11. The number of para-hydroxylation sites is 1. The monoisotopic (exact) mass is 634 g/mol. The van der Waals surface area contributed by atoms with Crippen molar-refractivity contribution in [1.29, 1.82) is 0 Å². The lowest BCUT2D eigenvalue weighted by Crippen LogP contribution is -2.31. The zero-order chi connectivity index (χ0) is 31.0. The Morgan fingerprint density at radius 3 is 1.71 bits per heavy atom. The van der Waals surface area contributed by atoms with Gasteiger partial charge in [-0.1, -0.05) is 25.1 Å². The summed E-state index contributed by atoms with van der Waals surface area (Å²) in [6, 6.07) is 12.9. The van der Waals surface area contributed by atoms with E-state index in [1.165, 1.54) is 31.4 Å².